The topological polar surface area (TPSA) is 81.8 Å². The number of hydrogen-bond acceptors (Lipinski definition) is 4. The number of hydrogen-bond donors (Lipinski definition) is 2. The summed E-state index contributed by atoms with van der Waals surface area (Å²) >= 11 is 0. The number of carbonyl (C=O) groups is 1. The van der Waals surface area contributed by atoms with Gasteiger partial charge in [-0.25, -0.2) is 4.79 Å². The van der Waals surface area contributed by atoms with E-state index in [0.717, 1.165) is 29.0 Å². The van der Waals surface area contributed by atoms with Gasteiger partial charge in [-0.3, -0.25) is 0 Å². The number of fused-ring (bicyclic) bond motifs is 1. The van der Waals surface area contributed by atoms with E-state index in [9.17, 15) is 4.79 Å². The van der Waals surface area contributed by atoms with E-state index in [1.54, 1.807) is 12.1 Å². The molecule has 22 heavy (non-hydrogen) atoms. The Labute approximate surface area is 128 Å². The van der Waals surface area contributed by atoms with Gasteiger partial charge in [-0.1, -0.05) is 18.2 Å². The van der Waals surface area contributed by atoms with Crippen molar-refractivity contribution in [3.63, 3.8) is 0 Å². The lowest BCUT2D eigenvalue weighted by atomic mass is 9.91. The largest absolute Gasteiger partial charge is 0.478 e. The Morgan fingerprint density at radius 2 is 1.86 bits per heavy atom. The maximum absolute atomic E-state index is 10.9. The Morgan fingerprint density at radius 1 is 1.14 bits per heavy atom. The molecule has 0 aliphatic carbocycles. The Balaban J connectivity index is 1.78. The first kappa shape index (κ1) is 14.4. The van der Waals surface area contributed by atoms with Crippen LogP contribution in [0.1, 0.15) is 27.4 Å². The molecule has 1 aliphatic rings. The highest BCUT2D eigenvalue weighted by atomic mass is 16.7. The lowest BCUT2D eigenvalue weighted by molar-refractivity contribution is 0.0697. The van der Waals surface area contributed by atoms with E-state index < -0.39 is 5.97 Å². The van der Waals surface area contributed by atoms with Gasteiger partial charge in [0.25, 0.3) is 0 Å². The molecule has 5 heteroatoms. The van der Waals surface area contributed by atoms with Crippen LogP contribution in [-0.2, 0) is 6.42 Å². The van der Waals surface area contributed by atoms with Crippen LogP contribution in [-0.4, -0.2) is 24.4 Å². The van der Waals surface area contributed by atoms with Crippen LogP contribution in [0.2, 0.25) is 0 Å². The van der Waals surface area contributed by atoms with E-state index in [2.05, 4.69) is 0 Å². The number of rotatable bonds is 5. The average molecular weight is 299 g/mol. The zero-order valence-corrected chi connectivity index (χ0v) is 12.0. The van der Waals surface area contributed by atoms with Crippen molar-refractivity contribution >= 4 is 5.97 Å². The first-order chi connectivity index (χ1) is 10.7. The van der Waals surface area contributed by atoms with Crippen molar-refractivity contribution in [3.05, 3.63) is 59.2 Å². The molecule has 2 aromatic rings. The molecular formula is C17H17NO4. The van der Waals surface area contributed by atoms with Crippen molar-refractivity contribution in [2.24, 2.45) is 5.73 Å². The number of aromatic carboxylic acids is 1. The van der Waals surface area contributed by atoms with E-state index >= 15 is 0 Å². The molecule has 114 valence electrons. The molecule has 0 amide bonds. The SMILES string of the molecule is NCC(Cc1ccc(C(=O)O)cc1)c1ccc2c(c1)OCO2. The second-order valence-electron chi connectivity index (χ2n) is 5.25. The molecule has 0 bridgehead atoms. The van der Waals surface area contributed by atoms with Gasteiger partial charge in [-0.2, -0.15) is 0 Å². The zero-order valence-electron chi connectivity index (χ0n) is 12.0. The molecule has 0 fully saturated rings. The quantitative estimate of drug-likeness (QED) is 0.886. The third-order valence-electron chi connectivity index (χ3n) is 3.84. The summed E-state index contributed by atoms with van der Waals surface area (Å²) in [6, 6.07) is 12.8. The number of benzene rings is 2. The van der Waals surface area contributed by atoms with Gasteiger partial charge in [0.05, 0.1) is 5.56 Å². The van der Waals surface area contributed by atoms with Crippen molar-refractivity contribution < 1.29 is 19.4 Å². The standard InChI is InChI=1S/C17H17NO4/c18-9-14(7-11-1-3-12(4-2-11)17(19)20)13-5-6-15-16(8-13)22-10-21-15/h1-6,8,14H,7,9-10,18H2,(H,19,20). The lowest BCUT2D eigenvalue weighted by Crippen LogP contribution is -2.15. The summed E-state index contributed by atoms with van der Waals surface area (Å²) in [7, 11) is 0. The third kappa shape index (κ3) is 2.89. The van der Waals surface area contributed by atoms with Gasteiger partial charge in [-0.05, 0) is 48.4 Å². The molecule has 0 saturated carbocycles. The first-order valence-electron chi connectivity index (χ1n) is 7.09. The summed E-state index contributed by atoms with van der Waals surface area (Å²) in [6.45, 7) is 0.753. The fourth-order valence-electron chi connectivity index (χ4n) is 2.57. The van der Waals surface area contributed by atoms with Gasteiger partial charge >= 0.3 is 5.97 Å². The summed E-state index contributed by atoms with van der Waals surface area (Å²) < 4.78 is 10.7. The summed E-state index contributed by atoms with van der Waals surface area (Å²) in [5.74, 6) is 0.727. The molecule has 1 unspecified atom stereocenters. The highest BCUT2D eigenvalue weighted by molar-refractivity contribution is 5.87. The monoisotopic (exact) mass is 299 g/mol. The number of nitrogens with two attached hydrogens (primary N) is 1. The second-order valence-corrected chi connectivity index (χ2v) is 5.25. The normalized spacial score (nSPS) is 13.9. The van der Waals surface area contributed by atoms with E-state index in [4.69, 9.17) is 20.3 Å². The van der Waals surface area contributed by atoms with Crippen LogP contribution < -0.4 is 15.2 Å². The van der Waals surface area contributed by atoms with Crippen LogP contribution in [0.4, 0.5) is 0 Å². The van der Waals surface area contributed by atoms with Crippen LogP contribution in [0.15, 0.2) is 42.5 Å². The lowest BCUT2D eigenvalue weighted by Gasteiger charge is -2.16. The Kier molecular flexibility index (Phi) is 3.98. The molecule has 0 radical (unpaired) electrons. The van der Waals surface area contributed by atoms with Crippen LogP contribution in [0.3, 0.4) is 0 Å². The van der Waals surface area contributed by atoms with E-state index in [0.29, 0.717) is 6.54 Å². The van der Waals surface area contributed by atoms with Crippen molar-refractivity contribution in [3.8, 4) is 11.5 Å². The third-order valence-corrected chi connectivity index (χ3v) is 3.84. The van der Waals surface area contributed by atoms with Gasteiger partial charge < -0.3 is 20.3 Å². The van der Waals surface area contributed by atoms with Crippen molar-refractivity contribution in [1.82, 2.24) is 0 Å². The Bertz CT molecular complexity index is 682. The molecule has 0 spiro atoms. The number of carboxylic acid groups (broad SMARTS) is 1. The van der Waals surface area contributed by atoms with Gasteiger partial charge in [-0.15, -0.1) is 0 Å². The molecule has 3 rings (SSSR count). The smallest absolute Gasteiger partial charge is 0.335 e. The van der Waals surface area contributed by atoms with Crippen molar-refractivity contribution in [2.45, 2.75) is 12.3 Å². The summed E-state index contributed by atoms with van der Waals surface area (Å²) in [6.07, 6.45) is 0.746. The minimum atomic E-state index is -0.919. The Morgan fingerprint density at radius 3 is 2.55 bits per heavy atom. The molecule has 5 nitrogen and oxygen atoms in total. The number of carboxylic acids is 1. The zero-order chi connectivity index (χ0) is 15.5. The van der Waals surface area contributed by atoms with E-state index in [-0.39, 0.29) is 18.3 Å². The van der Waals surface area contributed by atoms with Crippen LogP contribution in [0.5, 0.6) is 11.5 Å². The van der Waals surface area contributed by atoms with Crippen LogP contribution in [0.25, 0.3) is 0 Å². The molecule has 1 heterocycles. The van der Waals surface area contributed by atoms with Crippen molar-refractivity contribution in [2.75, 3.05) is 13.3 Å². The van der Waals surface area contributed by atoms with Crippen LogP contribution in [0, 0.1) is 0 Å². The molecule has 1 atom stereocenters. The van der Waals surface area contributed by atoms with Gasteiger partial charge in [0.2, 0.25) is 6.79 Å². The second kappa shape index (κ2) is 6.07. The fourth-order valence-corrected chi connectivity index (χ4v) is 2.57. The fraction of sp³-hybridized carbons (Fsp3) is 0.235. The molecule has 0 aromatic heterocycles. The highest BCUT2D eigenvalue weighted by Gasteiger charge is 2.17. The maximum Gasteiger partial charge on any atom is 0.335 e. The first-order valence-corrected chi connectivity index (χ1v) is 7.09. The predicted molar refractivity (Wildman–Crippen MR) is 81.5 cm³/mol. The summed E-state index contributed by atoms with van der Waals surface area (Å²) in [5.41, 5.74) is 8.34. The van der Waals surface area contributed by atoms with Crippen molar-refractivity contribution in [1.29, 1.82) is 0 Å². The molecule has 3 N–H and O–H groups in total. The predicted octanol–water partition coefficient (Wildman–Crippen LogP) is 2.40. The van der Waals surface area contributed by atoms with E-state index in [1.807, 2.05) is 30.3 Å². The molecular weight excluding hydrogens is 282 g/mol. The summed E-state index contributed by atoms with van der Waals surface area (Å²) in [4.78, 5) is 10.9. The van der Waals surface area contributed by atoms with Gasteiger partial charge in [0.15, 0.2) is 11.5 Å². The maximum atomic E-state index is 10.9. The minimum Gasteiger partial charge on any atom is -0.478 e. The minimum absolute atomic E-state index is 0.144. The van der Waals surface area contributed by atoms with Gasteiger partial charge in [0.1, 0.15) is 0 Å². The van der Waals surface area contributed by atoms with Crippen LogP contribution >= 0.6 is 0 Å². The highest BCUT2D eigenvalue weighted by Crippen LogP contribution is 2.35. The summed E-state index contributed by atoms with van der Waals surface area (Å²) in [5, 5.41) is 8.93. The Hall–Kier alpha value is -2.53. The molecule has 0 saturated heterocycles. The average Bonchev–Trinajstić information content (AvgIpc) is 3.00. The van der Waals surface area contributed by atoms with Gasteiger partial charge in [0, 0.05) is 5.92 Å². The van der Waals surface area contributed by atoms with E-state index in [1.165, 1.54) is 0 Å². The molecule has 1 aliphatic heterocycles. The number of ether oxygens (including phenoxy) is 2. The molecule has 2 aromatic carbocycles.